The van der Waals surface area contributed by atoms with Crippen molar-refractivity contribution < 1.29 is 4.79 Å². The van der Waals surface area contributed by atoms with Gasteiger partial charge in [0, 0.05) is 29.9 Å². The number of hydrogen-bond donors (Lipinski definition) is 0. The zero-order chi connectivity index (χ0) is 12.3. The van der Waals surface area contributed by atoms with Crippen LogP contribution in [-0.2, 0) is 4.79 Å². The second kappa shape index (κ2) is 5.67. The van der Waals surface area contributed by atoms with Crippen LogP contribution in [-0.4, -0.2) is 23.9 Å². The number of hydrogen-bond acceptors (Lipinski definition) is 1. The Kier molecular flexibility index (Phi) is 4.21. The normalized spacial score (nSPS) is 19.6. The molecule has 0 N–H and O–H groups in total. The van der Waals surface area contributed by atoms with E-state index in [1.54, 1.807) is 0 Å². The lowest BCUT2D eigenvalue weighted by atomic mass is 9.99. The lowest BCUT2D eigenvalue weighted by Crippen LogP contribution is -2.27. The van der Waals surface area contributed by atoms with Crippen LogP contribution in [0.4, 0.5) is 0 Å². The first kappa shape index (κ1) is 12.6. The van der Waals surface area contributed by atoms with Gasteiger partial charge in [-0.2, -0.15) is 0 Å². The van der Waals surface area contributed by atoms with Gasteiger partial charge in [-0.1, -0.05) is 35.0 Å². The molecular formula is C14H18BrNO. The Morgan fingerprint density at radius 2 is 2.35 bits per heavy atom. The molecule has 0 spiro atoms. The molecule has 1 atom stereocenters. The monoisotopic (exact) mass is 295 g/mol. The summed E-state index contributed by atoms with van der Waals surface area (Å²) < 4.78 is 1.12. The largest absolute Gasteiger partial charge is 0.342 e. The summed E-state index contributed by atoms with van der Waals surface area (Å²) in [6.07, 6.45) is 2.72. The Morgan fingerprint density at radius 3 is 3.06 bits per heavy atom. The summed E-state index contributed by atoms with van der Waals surface area (Å²) in [5.41, 5.74) is 1.34. The van der Waals surface area contributed by atoms with Gasteiger partial charge in [-0.3, -0.25) is 4.79 Å². The minimum absolute atomic E-state index is 0.310. The first-order chi connectivity index (χ1) is 8.20. The Labute approximate surface area is 111 Å². The average molecular weight is 296 g/mol. The van der Waals surface area contributed by atoms with Crippen molar-refractivity contribution in [3.05, 3.63) is 34.3 Å². The van der Waals surface area contributed by atoms with E-state index >= 15 is 0 Å². The van der Waals surface area contributed by atoms with Gasteiger partial charge in [0.15, 0.2) is 0 Å². The maximum Gasteiger partial charge on any atom is 0.222 e. The second-order valence-corrected chi connectivity index (χ2v) is 5.55. The second-order valence-electron chi connectivity index (χ2n) is 4.63. The smallest absolute Gasteiger partial charge is 0.222 e. The molecule has 1 aliphatic heterocycles. The van der Waals surface area contributed by atoms with E-state index in [1.165, 1.54) is 5.56 Å². The lowest BCUT2D eigenvalue weighted by Gasteiger charge is -2.16. The standard InChI is InChI=1S/C14H18BrNO/c1-2-4-14(17)16-8-7-12(10-16)11-5-3-6-13(15)9-11/h3,5-6,9,12H,2,4,7-8,10H2,1H3. The first-order valence-electron chi connectivity index (χ1n) is 6.24. The van der Waals surface area contributed by atoms with Crippen LogP contribution in [0.1, 0.15) is 37.7 Å². The third-order valence-electron chi connectivity index (χ3n) is 3.32. The van der Waals surface area contributed by atoms with Crippen LogP contribution in [0.3, 0.4) is 0 Å². The zero-order valence-corrected chi connectivity index (χ0v) is 11.7. The number of halogens is 1. The van der Waals surface area contributed by atoms with Crippen molar-refractivity contribution >= 4 is 21.8 Å². The van der Waals surface area contributed by atoms with Gasteiger partial charge in [0.1, 0.15) is 0 Å². The summed E-state index contributed by atoms with van der Waals surface area (Å²) in [4.78, 5) is 13.8. The Hall–Kier alpha value is -0.830. The van der Waals surface area contributed by atoms with Gasteiger partial charge < -0.3 is 4.90 Å². The average Bonchev–Trinajstić information content (AvgIpc) is 2.78. The van der Waals surface area contributed by atoms with Crippen LogP contribution in [0.25, 0.3) is 0 Å². The van der Waals surface area contributed by atoms with Gasteiger partial charge in [-0.25, -0.2) is 0 Å². The van der Waals surface area contributed by atoms with Crippen LogP contribution >= 0.6 is 15.9 Å². The molecule has 2 nitrogen and oxygen atoms in total. The summed E-state index contributed by atoms with van der Waals surface area (Å²) in [6.45, 7) is 3.85. The minimum atomic E-state index is 0.310. The minimum Gasteiger partial charge on any atom is -0.342 e. The van der Waals surface area contributed by atoms with Gasteiger partial charge in [0.2, 0.25) is 5.91 Å². The van der Waals surface area contributed by atoms with E-state index in [0.29, 0.717) is 18.2 Å². The van der Waals surface area contributed by atoms with Gasteiger partial charge in [0.25, 0.3) is 0 Å². The van der Waals surface area contributed by atoms with E-state index in [4.69, 9.17) is 0 Å². The van der Waals surface area contributed by atoms with Crippen molar-refractivity contribution in [2.45, 2.75) is 32.1 Å². The van der Waals surface area contributed by atoms with Crippen molar-refractivity contribution in [1.29, 1.82) is 0 Å². The zero-order valence-electron chi connectivity index (χ0n) is 10.2. The molecule has 0 aliphatic carbocycles. The van der Waals surface area contributed by atoms with Gasteiger partial charge >= 0.3 is 0 Å². The number of benzene rings is 1. The van der Waals surface area contributed by atoms with Crippen LogP contribution in [0.5, 0.6) is 0 Å². The molecule has 1 saturated heterocycles. The Bertz CT molecular complexity index is 405. The third kappa shape index (κ3) is 3.09. The molecule has 1 aromatic carbocycles. The van der Waals surface area contributed by atoms with Crippen molar-refractivity contribution in [3.8, 4) is 0 Å². The fourth-order valence-electron chi connectivity index (χ4n) is 2.39. The summed E-state index contributed by atoms with van der Waals surface area (Å²) >= 11 is 3.50. The molecule has 3 heteroatoms. The van der Waals surface area contributed by atoms with Gasteiger partial charge in [-0.15, -0.1) is 0 Å². The molecule has 0 bridgehead atoms. The summed E-state index contributed by atoms with van der Waals surface area (Å²) in [6, 6.07) is 8.43. The van der Waals surface area contributed by atoms with Crippen molar-refractivity contribution in [2.24, 2.45) is 0 Å². The molecule has 1 heterocycles. The van der Waals surface area contributed by atoms with Crippen molar-refractivity contribution in [2.75, 3.05) is 13.1 Å². The first-order valence-corrected chi connectivity index (χ1v) is 7.03. The summed E-state index contributed by atoms with van der Waals surface area (Å²) in [5.74, 6) is 0.818. The number of likely N-dealkylation sites (tertiary alicyclic amines) is 1. The number of carbonyl (C=O) groups excluding carboxylic acids is 1. The van der Waals surface area contributed by atoms with E-state index < -0.39 is 0 Å². The topological polar surface area (TPSA) is 20.3 Å². The predicted octanol–water partition coefficient (Wildman–Crippen LogP) is 3.57. The number of nitrogens with zero attached hydrogens (tertiary/aromatic N) is 1. The molecule has 17 heavy (non-hydrogen) atoms. The number of carbonyl (C=O) groups is 1. The molecular weight excluding hydrogens is 278 g/mol. The molecule has 0 radical (unpaired) electrons. The predicted molar refractivity (Wildman–Crippen MR) is 73.0 cm³/mol. The van der Waals surface area contributed by atoms with E-state index in [9.17, 15) is 4.79 Å². The summed E-state index contributed by atoms with van der Waals surface area (Å²) in [5, 5.41) is 0. The highest BCUT2D eigenvalue weighted by atomic mass is 79.9. The van der Waals surface area contributed by atoms with Crippen LogP contribution in [0.2, 0.25) is 0 Å². The van der Waals surface area contributed by atoms with Crippen LogP contribution < -0.4 is 0 Å². The maximum absolute atomic E-state index is 11.8. The quantitative estimate of drug-likeness (QED) is 0.835. The van der Waals surface area contributed by atoms with E-state index in [1.807, 2.05) is 11.0 Å². The molecule has 0 saturated carbocycles. The SMILES string of the molecule is CCCC(=O)N1CCC(c2cccc(Br)c2)C1. The maximum atomic E-state index is 11.8. The number of amides is 1. The molecule has 1 fully saturated rings. The fourth-order valence-corrected chi connectivity index (χ4v) is 2.81. The highest BCUT2D eigenvalue weighted by molar-refractivity contribution is 9.10. The highest BCUT2D eigenvalue weighted by Crippen LogP contribution is 2.29. The van der Waals surface area contributed by atoms with E-state index in [2.05, 4.69) is 41.1 Å². The Balaban J connectivity index is 2.00. The van der Waals surface area contributed by atoms with Crippen LogP contribution in [0.15, 0.2) is 28.7 Å². The molecule has 1 amide bonds. The van der Waals surface area contributed by atoms with E-state index in [0.717, 1.165) is 30.4 Å². The molecule has 0 aromatic heterocycles. The number of rotatable bonds is 3. The molecule has 2 rings (SSSR count). The molecule has 1 unspecified atom stereocenters. The molecule has 92 valence electrons. The molecule has 1 aromatic rings. The highest BCUT2D eigenvalue weighted by Gasteiger charge is 2.26. The Morgan fingerprint density at radius 1 is 1.53 bits per heavy atom. The van der Waals surface area contributed by atoms with E-state index in [-0.39, 0.29) is 0 Å². The van der Waals surface area contributed by atoms with Crippen molar-refractivity contribution in [1.82, 2.24) is 4.90 Å². The van der Waals surface area contributed by atoms with Gasteiger partial charge in [0.05, 0.1) is 0 Å². The fraction of sp³-hybridized carbons (Fsp3) is 0.500. The molecule has 1 aliphatic rings. The third-order valence-corrected chi connectivity index (χ3v) is 3.82. The van der Waals surface area contributed by atoms with Gasteiger partial charge in [-0.05, 0) is 30.5 Å². The van der Waals surface area contributed by atoms with Crippen LogP contribution in [0, 0.1) is 0 Å². The lowest BCUT2D eigenvalue weighted by molar-refractivity contribution is -0.130. The van der Waals surface area contributed by atoms with Crippen molar-refractivity contribution in [3.63, 3.8) is 0 Å². The summed E-state index contributed by atoms with van der Waals surface area (Å²) in [7, 11) is 0.